The van der Waals surface area contributed by atoms with Crippen molar-refractivity contribution in [1.29, 1.82) is 5.26 Å². The van der Waals surface area contributed by atoms with Crippen LogP contribution in [0.4, 0.5) is 10.1 Å². The number of halogens is 2. The smallest absolute Gasteiger partial charge is 0.143 e. The van der Waals surface area contributed by atoms with Gasteiger partial charge in [-0.25, -0.2) is 4.39 Å². The quantitative estimate of drug-likeness (QED) is 0.932. The highest BCUT2D eigenvalue weighted by molar-refractivity contribution is 5.85. The molecule has 1 saturated heterocycles. The number of anilines is 1. The predicted molar refractivity (Wildman–Crippen MR) is 82.0 cm³/mol. The molecule has 20 heavy (non-hydrogen) atoms. The van der Waals surface area contributed by atoms with Crippen LogP contribution in [0.5, 0.6) is 0 Å². The van der Waals surface area contributed by atoms with E-state index in [1.54, 1.807) is 0 Å². The van der Waals surface area contributed by atoms with Crippen molar-refractivity contribution >= 4 is 18.1 Å². The zero-order chi connectivity index (χ0) is 13.8. The van der Waals surface area contributed by atoms with E-state index in [2.05, 4.69) is 24.1 Å². The molecule has 1 aromatic carbocycles. The Hall–Kier alpha value is -1.31. The summed E-state index contributed by atoms with van der Waals surface area (Å²) >= 11 is 0. The van der Waals surface area contributed by atoms with Gasteiger partial charge in [0.05, 0.1) is 5.69 Å². The van der Waals surface area contributed by atoms with Crippen LogP contribution in [0.3, 0.4) is 0 Å². The average molecular weight is 298 g/mol. The lowest BCUT2D eigenvalue weighted by Gasteiger charge is -2.30. The van der Waals surface area contributed by atoms with Gasteiger partial charge in [-0.3, -0.25) is 0 Å². The second-order valence-electron chi connectivity index (χ2n) is 5.42. The molecule has 3 nitrogen and oxygen atoms in total. The lowest BCUT2D eigenvalue weighted by atomic mass is 9.99. The Morgan fingerprint density at radius 3 is 2.55 bits per heavy atom. The highest BCUT2D eigenvalue weighted by atomic mass is 35.5. The molecule has 0 atom stereocenters. The second-order valence-corrected chi connectivity index (χ2v) is 5.42. The first-order valence-corrected chi connectivity index (χ1v) is 6.80. The highest BCUT2D eigenvalue weighted by Crippen LogP contribution is 2.26. The molecule has 110 valence electrons. The molecule has 0 amide bonds. The van der Waals surface area contributed by atoms with E-state index >= 15 is 0 Å². The van der Waals surface area contributed by atoms with Crippen LogP contribution in [-0.4, -0.2) is 26.2 Å². The summed E-state index contributed by atoms with van der Waals surface area (Å²) < 4.78 is 14.1. The number of piperazine rings is 1. The van der Waals surface area contributed by atoms with Crippen LogP contribution < -0.4 is 10.2 Å². The van der Waals surface area contributed by atoms with Crippen molar-refractivity contribution in [2.75, 3.05) is 31.1 Å². The van der Waals surface area contributed by atoms with Gasteiger partial charge in [-0.15, -0.1) is 12.4 Å². The van der Waals surface area contributed by atoms with Gasteiger partial charge in [0.2, 0.25) is 0 Å². The summed E-state index contributed by atoms with van der Waals surface area (Å²) in [5.41, 5.74) is 1.90. The highest BCUT2D eigenvalue weighted by Gasteiger charge is 2.18. The van der Waals surface area contributed by atoms with Gasteiger partial charge in [-0.2, -0.15) is 5.26 Å². The third-order valence-corrected chi connectivity index (χ3v) is 3.34. The number of rotatable bonds is 3. The van der Waals surface area contributed by atoms with E-state index < -0.39 is 5.82 Å². The summed E-state index contributed by atoms with van der Waals surface area (Å²) in [4.78, 5) is 2.10. The predicted octanol–water partition coefficient (Wildman–Crippen LogP) is 2.73. The van der Waals surface area contributed by atoms with Crippen molar-refractivity contribution in [3.8, 4) is 6.07 Å². The third kappa shape index (κ3) is 3.84. The molecule has 1 fully saturated rings. The SMILES string of the molecule is CC(C)Cc1cc(F)c(C#N)c(N2CCNCC2)c1.Cl. The second kappa shape index (κ2) is 7.47. The fraction of sp³-hybridized carbons (Fsp3) is 0.533. The maximum Gasteiger partial charge on any atom is 0.143 e. The van der Waals surface area contributed by atoms with Gasteiger partial charge in [0.15, 0.2) is 0 Å². The van der Waals surface area contributed by atoms with Crippen LogP contribution in [0.25, 0.3) is 0 Å². The molecule has 0 aliphatic carbocycles. The Balaban J connectivity index is 0.00000200. The molecule has 1 aromatic rings. The van der Waals surface area contributed by atoms with Gasteiger partial charge in [0.1, 0.15) is 17.4 Å². The first-order valence-electron chi connectivity index (χ1n) is 6.80. The van der Waals surface area contributed by atoms with Gasteiger partial charge in [-0.05, 0) is 30.0 Å². The van der Waals surface area contributed by atoms with Crippen LogP contribution in [0, 0.1) is 23.1 Å². The monoisotopic (exact) mass is 297 g/mol. The maximum absolute atomic E-state index is 14.1. The number of nitrogens with zero attached hydrogens (tertiary/aromatic N) is 2. The van der Waals surface area contributed by atoms with Gasteiger partial charge in [-0.1, -0.05) is 13.8 Å². The third-order valence-electron chi connectivity index (χ3n) is 3.34. The van der Waals surface area contributed by atoms with Crippen molar-refractivity contribution in [2.45, 2.75) is 20.3 Å². The minimum absolute atomic E-state index is 0. The number of hydrogen-bond donors (Lipinski definition) is 1. The standard InChI is InChI=1S/C15H20FN3.ClH/c1-11(2)7-12-8-14(16)13(10-17)15(9-12)19-5-3-18-4-6-19;/h8-9,11,18H,3-7H2,1-2H3;1H. The van der Waals surface area contributed by atoms with Crippen LogP contribution >= 0.6 is 12.4 Å². The molecule has 1 N–H and O–H groups in total. The lowest BCUT2D eigenvalue weighted by molar-refractivity contribution is 0.580. The van der Waals surface area contributed by atoms with Crippen molar-refractivity contribution in [3.63, 3.8) is 0 Å². The molecule has 0 radical (unpaired) electrons. The summed E-state index contributed by atoms with van der Waals surface area (Å²) in [5, 5.41) is 12.4. The number of nitrogens with one attached hydrogen (secondary N) is 1. The van der Waals surface area contributed by atoms with E-state index in [0.717, 1.165) is 43.9 Å². The number of hydrogen-bond acceptors (Lipinski definition) is 3. The molecule has 0 unspecified atom stereocenters. The van der Waals surface area contributed by atoms with Gasteiger partial charge < -0.3 is 10.2 Å². The van der Waals surface area contributed by atoms with E-state index in [9.17, 15) is 9.65 Å². The Morgan fingerprint density at radius 2 is 2.00 bits per heavy atom. The van der Waals surface area contributed by atoms with Crippen LogP contribution in [0.1, 0.15) is 25.0 Å². The molecular weight excluding hydrogens is 277 g/mol. The summed E-state index contributed by atoms with van der Waals surface area (Å²) in [6.07, 6.45) is 0.835. The first-order chi connectivity index (χ1) is 9.11. The van der Waals surface area contributed by atoms with E-state index in [-0.39, 0.29) is 18.0 Å². The maximum atomic E-state index is 14.1. The molecular formula is C15H21ClFN3. The van der Waals surface area contributed by atoms with E-state index in [0.29, 0.717) is 5.92 Å². The molecule has 0 saturated carbocycles. The van der Waals surface area contributed by atoms with E-state index in [1.165, 1.54) is 6.07 Å². The zero-order valence-corrected chi connectivity index (χ0v) is 12.8. The van der Waals surface area contributed by atoms with Crippen molar-refractivity contribution < 1.29 is 4.39 Å². The lowest BCUT2D eigenvalue weighted by Crippen LogP contribution is -2.44. The summed E-state index contributed by atoms with van der Waals surface area (Å²) in [6.45, 7) is 7.61. The van der Waals surface area contributed by atoms with Crippen molar-refractivity contribution in [1.82, 2.24) is 5.32 Å². The van der Waals surface area contributed by atoms with Crippen molar-refractivity contribution in [2.24, 2.45) is 5.92 Å². The minimum Gasteiger partial charge on any atom is -0.368 e. The Kier molecular flexibility index (Phi) is 6.25. The van der Waals surface area contributed by atoms with Crippen molar-refractivity contribution in [3.05, 3.63) is 29.1 Å². The van der Waals surface area contributed by atoms with Gasteiger partial charge in [0, 0.05) is 26.2 Å². The largest absolute Gasteiger partial charge is 0.368 e. The van der Waals surface area contributed by atoms with Gasteiger partial charge in [0.25, 0.3) is 0 Å². The topological polar surface area (TPSA) is 39.1 Å². The summed E-state index contributed by atoms with van der Waals surface area (Å²) in [7, 11) is 0. The fourth-order valence-corrected chi connectivity index (χ4v) is 2.50. The minimum atomic E-state index is -0.394. The average Bonchev–Trinajstić information content (AvgIpc) is 2.38. The zero-order valence-electron chi connectivity index (χ0n) is 11.9. The molecule has 0 aromatic heterocycles. The van der Waals surface area contributed by atoms with Crippen LogP contribution in [0.2, 0.25) is 0 Å². The molecule has 2 rings (SSSR count). The van der Waals surface area contributed by atoms with E-state index in [4.69, 9.17) is 0 Å². The molecule has 5 heteroatoms. The number of benzene rings is 1. The summed E-state index contributed by atoms with van der Waals surface area (Å²) in [6, 6.07) is 5.49. The first kappa shape index (κ1) is 16.7. The molecule has 0 bridgehead atoms. The van der Waals surface area contributed by atoms with E-state index in [1.807, 2.05) is 12.1 Å². The number of nitriles is 1. The Bertz CT molecular complexity index is 491. The normalized spacial score (nSPS) is 14.8. The Labute approximate surface area is 126 Å². The Morgan fingerprint density at radius 1 is 1.35 bits per heavy atom. The molecule has 1 aliphatic heterocycles. The van der Waals surface area contributed by atoms with Crippen LogP contribution in [0.15, 0.2) is 12.1 Å². The molecule has 0 spiro atoms. The molecule has 1 heterocycles. The van der Waals surface area contributed by atoms with Gasteiger partial charge >= 0.3 is 0 Å². The molecule has 1 aliphatic rings. The summed E-state index contributed by atoms with van der Waals surface area (Å²) in [5.74, 6) is 0.0809. The van der Waals surface area contributed by atoms with Crippen LogP contribution in [-0.2, 0) is 6.42 Å². The fourth-order valence-electron chi connectivity index (χ4n) is 2.50.